The summed E-state index contributed by atoms with van der Waals surface area (Å²) in [7, 11) is 0. The van der Waals surface area contributed by atoms with Crippen molar-refractivity contribution in [3.8, 4) is 5.75 Å². The highest BCUT2D eigenvalue weighted by atomic mass is 16.5. The third kappa shape index (κ3) is 7.13. The molecule has 0 fully saturated rings. The summed E-state index contributed by atoms with van der Waals surface area (Å²) < 4.78 is 10.5. The number of esters is 1. The third-order valence-electron chi connectivity index (χ3n) is 3.72. The lowest BCUT2D eigenvalue weighted by atomic mass is 10.0. The number of carbonyl (C=O) groups excluding carboxylic acids is 3. The first-order valence-corrected chi connectivity index (χ1v) is 8.92. The van der Waals surface area contributed by atoms with Crippen molar-refractivity contribution in [1.29, 1.82) is 0 Å². The topological polar surface area (TPSA) is 93.7 Å². The van der Waals surface area contributed by atoms with E-state index in [0.717, 1.165) is 0 Å². The van der Waals surface area contributed by atoms with Crippen LogP contribution in [-0.2, 0) is 14.3 Å². The summed E-state index contributed by atoms with van der Waals surface area (Å²) >= 11 is 0. The Morgan fingerprint density at radius 1 is 1.15 bits per heavy atom. The molecule has 1 aromatic carbocycles. The van der Waals surface area contributed by atoms with Gasteiger partial charge in [-0.1, -0.05) is 19.9 Å². The second kappa shape index (κ2) is 11.0. The number of carbonyl (C=O) groups is 3. The van der Waals surface area contributed by atoms with Gasteiger partial charge < -0.3 is 20.1 Å². The summed E-state index contributed by atoms with van der Waals surface area (Å²) in [5.74, 6) is -1.05. The second-order valence-corrected chi connectivity index (χ2v) is 6.27. The number of rotatable bonds is 10. The Labute approximate surface area is 160 Å². The van der Waals surface area contributed by atoms with Gasteiger partial charge in [-0.05, 0) is 44.0 Å². The van der Waals surface area contributed by atoms with Crippen molar-refractivity contribution in [2.24, 2.45) is 5.92 Å². The van der Waals surface area contributed by atoms with Gasteiger partial charge in [0.2, 0.25) is 0 Å². The molecule has 7 heteroatoms. The SMILES string of the molecule is C=CCNC(=O)[C@@H](C)OC(=O)[C@@H](NC(=O)c1ccc(OCC)cc1)C(C)C. The summed E-state index contributed by atoms with van der Waals surface area (Å²) in [5.41, 5.74) is 0.397. The maximum atomic E-state index is 12.4. The normalized spacial score (nSPS) is 12.6. The fourth-order valence-corrected chi connectivity index (χ4v) is 2.21. The standard InChI is InChI=1S/C20H28N2O5/c1-6-12-21-18(23)14(5)27-20(25)17(13(3)4)22-19(24)15-8-10-16(11-9-15)26-7-2/h6,8-11,13-14,17H,1,7,12H2,2-5H3,(H,21,23)(H,22,24)/t14-,17+/m1/s1. The van der Waals surface area contributed by atoms with Crippen LogP contribution in [0.4, 0.5) is 0 Å². The van der Waals surface area contributed by atoms with E-state index >= 15 is 0 Å². The van der Waals surface area contributed by atoms with Crippen molar-refractivity contribution in [2.75, 3.05) is 13.2 Å². The van der Waals surface area contributed by atoms with E-state index in [9.17, 15) is 14.4 Å². The minimum Gasteiger partial charge on any atom is -0.494 e. The van der Waals surface area contributed by atoms with Gasteiger partial charge in [-0.15, -0.1) is 6.58 Å². The number of ether oxygens (including phenoxy) is 2. The van der Waals surface area contributed by atoms with Crippen LogP contribution in [0.5, 0.6) is 5.75 Å². The smallest absolute Gasteiger partial charge is 0.329 e. The molecule has 7 nitrogen and oxygen atoms in total. The fraction of sp³-hybridized carbons (Fsp3) is 0.450. The van der Waals surface area contributed by atoms with E-state index in [1.54, 1.807) is 38.1 Å². The summed E-state index contributed by atoms with van der Waals surface area (Å²) in [6, 6.07) is 5.74. The molecule has 1 rings (SSSR count). The molecule has 2 atom stereocenters. The Bertz CT molecular complexity index is 655. The van der Waals surface area contributed by atoms with E-state index in [0.29, 0.717) is 17.9 Å². The molecule has 0 spiro atoms. The number of hydrogen-bond acceptors (Lipinski definition) is 5. The lowest BCUT2D eigenvalue weighted by Gasteiger charge is -2.23. The molecule has 0 saturated carbocycles. The average molecular weight is 376 g/mol. The van der Waals surface area contributed by atoms with Crippen molar-refractivity contribution >= 4 is 17.8 Å². The molecular weight excluding hydrogens is 348 g/mol. The van der Waals surface area contributed by atoms with Gasteiger partial charge in [0.1, 0.15) is 11.8 Å². The lowest BCUT2D eigenvalue weighted by Crippen LogP contribution is -2.47. The molecule has 0 aromatic heterocycles. The number of nitrogens with one attached hydrogen (secondary N) is 2. The van der Waals surface area contributed by atoms with Crippen LogP contribution in [0.3, 0.4) is 0 Å². The Morgan fingerprint density at radius 2 is 1.78 bits per heavy atom. The van der Waals surface area contributed by atoms with Crippen molar-refractivity contribution in [1.82, 2.24) is 10.6 Å². The highest BCUT2D eigenvalue weighted by Crippen LogP contribution is 2.13. The largest absolute Gasteiger partial charge is 0.494 e. The molecule has 148 valence electrons. The van der Waals surface area contributed by atoms with Gasteiger partial charge in [0.15, 0.2) is 6.10 Å². The van der Waals surface area contributed by atoms with Crippen LogP contribution < -0.4 is 15.4 Å². The average Bonchev–Trinajstić information content (AvgIpc) is 2.64. The van der Waals surface area contributed by atoms with Crippen LogP contribution in [0, 0.1) is 5.92 Å². The Hall–Kier alpha value is -2.83. The molecule has 2 N–H and O–H groups in total. The van der Waals surface area contributed by atoms with Crippen LogP contribution >= 0.6 is 0 Å². The van der Waals surface area contributed by atoms with Crippen molar-refractivity contribution in [3.05, 3.63) is 42.5 Å². The van der Waals surface area contributed by atoms with E-state index in [4.69, 9.17) is 9.47 Å². The molecule has 0 aliphatic heterocycles. The molecule has 0 unspecified atom stereocenters. The van der Waals surface area contributed by atoms with Gasteiger partial charge in [0.05, 0.1) is 6.61 Å². The Balaban J connectivity index is 2.74. The van der Waals surface area contributed by atoms with Gasteiger partial charge >= 0.3 is 5.97 Å². The number of hydrogen-bond donors (Lipinski definition) is 2. The van der Waals surface area contributed by atoms with Gasteiger partial charge in [-0.25, -0.2) is 4.79 Å². The van der Waals surface area contributed by atoms with Gasteiger partial charge in [-0.2, -0.15) is 0 Å². The fourth-order valence-electron chi connectivity index (χ4n) is 2.21. The molecular formula is C20H28N2O5. The van der Waals surface area contributed by atoms with Gasteiger partial charge in [0.25, 0.3) is 11.8 Å². The van der Waals surface area contributed by atoms with Crippen molar-refractivity contribution < 1.29 is 23.9 Å². The van der Waals surface area contributed by atoms with Crippen molar-refractivity contribution in [2.45, 2.75) is 39.8 Å². The molecule has 27 heavy (non-hydrogen) atoms. The predicted octanol–water partition coefficient (Wildman–Crippen LogP) is 2.07. The number of benzene rings is 1. The molecule has 0 heterocycles. The number of amides is 2. The third-order valence-corrected chi connectivity index (χ3v) is 3.72. The van der Waals surface area contributed by atoms with Crippen molar-refractivity contribution in [3.63, 3.8) is 0 Å². The first-order valence-electron chi connectivity index (χ1n) is 8.92. The Morgan fingerprint density at radius 3 is 2.30 bits per heavy atom. The van der Waals surface area contributed by atoms with E-state index in [2.05, 4.69) is 17.2 Å². The predicted molar refractivity (Wildman–Crippen MR) is 102 cm³/mol. The summed E-state index contributed by atoms with van der Waals surface area (Å²) in [5, 5.41) is 5.22. The lowest BCUT2D eigenvalue weighted by molar-refractivity contribution is -0.157. The maximum Gasteiger partial charge on any atom is 0.329 e. The molecule has 0 radical (unpaired) electrons. The highest BCUT2D eigenvalue weighted by molar-refractivity contribution is 5.97. The molecule has 0 bridgehead atoms. The van der Waals surface area contributed by atoms with Gasteiger partial charge in [-0.3, -0.25) is 9.59 Å². The highest BCUT2D eigenvalue weighted by Gasteiger charge is 2.29. The molecule has 0 aliphatic carbocycles. The molecule has 1 aromatic rings. The van der Waals surface area contributed by atoms with E-state index in [1.165, 1.54) is 13.0 Å². The van der Waals surface area contributed by atoms with Crippen LogP contribution in [0.1, 0.15) is 38.1 Å². The second-order valence-electron chi connectivity index (χ2n) is 6.27. The van der Waals surface area contributed by atoms with Gasteiger partial charge in [0, 0.05) is 12.1 Å². The quantitative estimate of drug-likeness (QED) is 0.482. The minimum absolute atomic E-state index is 0.215. The zero-order chi connectivity index (χ0) is 20.4. The summed E-state index contributed by atoms with van der Waals surface area (Å²) in [6.07, 6.45) is 0.557. The maximum absolute atomic E-state index is 12.4. The molecule has 0 saturated heterocycles. The first kappa shape index (κ1) is 22.2. The molecule has 0 aliphatic rings. The van der Waals surface area contributed by atoms with Crippen LogP contribution in [0.15, 0.2) is 36.9 Å². The van der Waals surface area contributed by atoms with E-state index in [1.807, 2.05) is 6.92 Å². The van der Waals surface area contributed by atoms with Crippen LogP contribution in [0.2, 0.25) is 0 Å². The summed E-state index contributed by atoms with van der Waals surface area (Å²) in [4.78, 5) is 36.7. The Kier molecular flexibility index (Phi) is 9.05. The van der Waals surface area contributed by atoms with Crippen LogP contribution in [0.25, 0.3) is 0 Å². The zero-order valence-electron chi connectivity index (χ0n) is 16.3. The zero-order valence-corrected chi connectivity index (χ0v) is 16.3. The van der Waals surface area contributed by atoms with Crippen LogP contribution in [-0.4, -0.2) is 43.1 Å². The molecule has 2 amide bonds. The summed E-state index contributed by atoms with van der Waals surface area (Å²) in [6.45, 7) is 11.2. The minimum atomic E-state index is -0.971. The monoisotopic (exact) mass is 376 g/mol. The van der Waals surface area contributed by atoms with E-state index in [-0.39, 0.29) is 12.5 Å². The first-order chi connectivity index (χ1) is 12.8. The van der Waals surface area contributed by atoms with E-state index < -0.39 is 29.9 Å².